The van der Waals surface area contributed by atoms with E-state index in [9.17, 15) is 4.79 Å². The molecule has 3 rings (SSSR count). The lowest BCUT2D eigenvalue weighted by atomic mass is 9.72. The van der Waals surface area contributed by atoms with E-state index in [0.29, 0.717) is 5.41 Å². The molecule has 2 heteroatoms. The van der Waals surface area contributed by atoms with E-state index >= 15 is 0 Å². The first-order valence-corrected chi connectivity index (χ1v) is 5.93. The fourth-order valence-electron chi connectivity index (χ4n) is 4.55. The summed E-state index contributed by atoms with van der Waals surface area (Å²) >= 11 is 0. The second-order valence-corrected chi connectivity index (χ2v) is 5.59. The highest BCUT2D eigenvalue weighted by Gasteiger charge is 2.70. The lowest BCUT2D eigenvalue weighted by Crippen LogP contribution is -2.26. The molecule has 0 bridgehead atoms. The van der Waals surface area contributed by atoms with Gasteiger partial charge in [-0.05, 0) is 42.9 Å². The maximum absolute atomic E-state index is 11.1. The molecule has 3 aliphatic carbocycles. The largest absolute Gasteiger partial charge is 0.481 e. The van der Waals surface area contributed by atoms with E-state index in [1.54, 1.807) is 0 Å². The average Bonchev–Trinajstić information content (AvgIpc) is 2.55. The van der Waals surface area contributed by atoms with Gasteiger partial charge in [0.05, 0.1) is 5.92 Å². The summed E-state index contributed by atoms with van der Waals surface area (Å²) in [6.45, 7) is 0. The maximum atomic E-state index is 11.1. The van der Waals surface area contributed by atoms with Gasteiger partial charge in [-0.15, -0.1) is 0 Å². The van der Waals surface area contributed by atoms with Gasteiger partial charge in [0.2, 0.25) is 0 Å². The van der Waals surface area contributed by atoms with Gasteiger partial charge in [-0.3, -0.25) is 4.79 Å². The van der Waals surface area contributed by atoms with Crippen LogP contribution in [0.4, 0.5) is 0 Å². The van der Waals surface area contributed by atoms with Gasteiger partial charge in [-0.2, -0.15) is 0 Å². The van der Waals surface area contributed by atoms with E-state index in [2.05, 4.69) is 0 Å². The number of hydrogen-bond donors (Lipinski definition) is 1. The molecule has 3 aliphatic rings. The third kappa shape index (κ3) is 0.850. The Morgan fingerprint density at radius 3 is 2.29 bits per heavy atom. The van der Waals surface area contributed by atoms with E-state index < -0.39 is 5.97 Å². The first-order valence-electron chi connectivity index (χ1n) is 5.93. The van der Waals surface area contributed by atoms with E-state index in [-0.39, 0.29) is 11.3 Å². The zero-order valence-corrected chi connectivity index (χ0v) is 8.59. The van der Waals surface area contributed by atoms with Crippen molar-refractivity contribution in [2.75, 3.05) is 0 Å². The molecule has 0 saturated heterocycles. The third-order valence-electron chi connectivity index (χ3n) is 5.27. The van der Waals surface area contributed by atoms with Gasteiger partial charge in [-0.1, -0.05) is 19.3 Å². The molecule has 0 heterocycles. The summed E-state index contributed by atoms with van der Waals surface area (Å²) in [6.07, 6.45) is 10.1. The van der Waals surface area contributed by atoms with Crippen molar-refractivity contribution in [1.29, 1.82) is 0 Å². The van der Waals surface area contributed by atoms with Crippen LogP contribution in [0.1, 0.15) is 51.4 Å². The van der Waals surface area contributed by atoms with Gasteiger partial charge >= 0.3 is 5.97 Å². The summed E-state index contributed by atoms with van der Waals surface area (Å²) in [5, 5.41) is 9.12. The van der Waals surface area contributed by atoms with Crippen LogP contribution in [-0.2, 0) is 4.79 Å². The molecule has 2 unspecified atom stereocenters. The predicted molar refractivity (Wildman–Crippen MR) is 52.9 cm³/mol. The molecule has 3 saturated carbocycles. The zero-order valence-electron chi connectivity index (χ0n) is 8.59. The maximum Gasteiger partial charge on any atom is 0.307 e. The van der Waals surface area contributed by atoms with Gasteiger partial charge in [0, 0.05) is 0 Å². The molecule has 2 nitrogen and oxygen atoms in total. The Morgan fingerprint density at radius 2 is 1.71 bits per heavy atom. The Hall–Kier alpha value is -0.530. The molecule has 0 amide bonds. The van der Waals surface area contributed by atoms with E-state index in [4.69, 9.17) is 5.11 Å². The fraction of sp³-hybridized carbons (Fsp3) is 0.917. The quantitative estimate of drug-likeness (QED) is 0.697. The summed E-state index contributed by atoms with van der Waals surface area (Å²) in [7, 11) is 0. The molecule has 0 aromatic rings. The van der Waals surface area contributed by atoms with Gasteiger partial charge in [0.15, 0.2) is 0 Å². The summed E-state index contributed by atoms with van der Waals surface area (Å²) < 4.78 is 0. The highest BCUT2D eigenvalue weighted by Crippen LogP contribution is 2.75. The van der Waals surface area contributed by atoms with Crippen molar-refractivity contribution in [1.82, 2.24) is 0 Å². The molecule has 2 atom stereocenters. The van der Waals surface area contributed by atoms with Crippen LogP contribution in [0.15, 0.2) is 0 Å². The Labute approximate surface area is 84.7 Å². The molecule has 14 heavy (non-hydrogen) atoms. The van der Waals surface area contributed by atoms with E-state index in [1.165, 1.54) is 44.9 Å². The minimum Gasteiger partial charge on any atom is -0.481 e. The van der Waals surface area contributed by atoms with Gasteiger partial charge < -0.3 is 5.11 Å². The van der Waals surface area contributed by atoms with Crippen molar-refractivity contribution in [2.24, 2.45) is 16.7 Å². The number of aliphatic carboxylic acids is 1. The molecule has 0 aliphatic heterocycles. The topological polar surface area (TPSA) is 37.3 Å². The summed E-state index contributed by atoms with van der Waals surface area (Å²) in [4.78, 5) is 11.1. The van der Waals surface area contributed by atoms with Crippen LogP contribution in [0.3, 0.4) is 0 Å². The number of carboxylic acids is 1. The van der Waals surface area contributed by atoms with Crippen LogP contribution in [0, 0.1) is 16.7 Å². The normalized spacial score (nSPS) is 43.6. The summed E-state index contributed by atoms with van der Waals surface area (Å²) in [5.41, 5.74) is 0.728. The minimum absolute atomic E-state index is 0.0168. The Bertz CT molecular complexity index is 273. The third-order valence-corrected chi connectivity index (χ3v) is 5.27. The van der Waals surface area contributed by atoms with Crippen LogP contribution in [0.5, 0.6) is 0 Å². The molecular formula is C12H18O2. The first kappa shape index (κ1) is 8.75. The Morgan fingerprint density at radius 1 is 1.07 bits per heavy atom. The minimum atomic E-state index is -0.529. The average molecular weight is 194 g/mol. The standard InChI is InChI=1S/C12H18O2/c13-10(14)9-8-12(9)7-3-6-11(12)4-1-2-5-11/h9H,1-8H2,(H,13,14). The fourth-order valence-corrected chi connectivity index (χ4v) is 4.55. The molecule has 0 radical (unpaired) electrons. The van der Waals surface area contributed by atoms with Gasteiger partial charge in [0.1, 0.15) is 0 Å². The SMILES string of the molecule is O=C(O)C1CC12CCCC21CCCC1. The van der Waals surface area contributed by atoms with Crippen LogP contribution in [-0.4, -0.2) is 11.1 Å². The number of carboxylic acid groups (broad SMARTS) is 1. The predicted octanol–water partition coefficient (Wildman–Crippen LogP) is 2.82. The Balaban J connectivity index is 1.90. The highest BCUT2D eigenvalue weighted by molar-refractivity contribution is 5.75. The molecule has 0 aromatic heterocycles. The summed E-state index contributed by atoms with van der Waals surface area (Å²) in [6, 6.07) is 0. The smallest absolute Gasteiger partial charge is 0.307 e. The van der Waals surface area contributed by atoms with Crippen molar-refractivity contribution in [3.63, 3.8) is 0 Å². The van der Waals surface area contributed by atoms with Crippen LogP contribution in [0.2, 0.25) is 0 Å². The van der Waals surface area contributed by atoms with Crippen LogP contribution >= 0.6 is 0 Å². The second-order valence-electron chi connectivity index (χ2n) is 5.59. The lowest BCUT2D eigenvalue weighted by molar-refractivity contribution is -0.140. The lowest BCUT2D eigenvalue weighted by Gasteiger charge is -2.32. The highest BCUT2D eigenvalue weighted by atomic mass is 16.4. The van der Waals surface area contributed by atoms with E-state index in [1.807, 2.05) is 0 Å². The van der Waals surface area contributed by atoms with E-state index in [0.717, 1.165) is 6.42 Å². The second kappa shape index (κ2) is 2.53. The van der Waals surface area contributed by atoms with Gasteiger partial charge in [-0.25, -0.2) is 0 Å². The number of carbonyl (C=O) groups is 1. The molecular weight excluding hydrogens is 176 g/mol. The molecule has 3 fully saturated rings. The zero-order chi connectivity index (χ0) is 9.81. The molecule has 1 N–H and O–H groups in total. The van der Waals surface area contributed by atoms with Crippen LogP contribution in [0.25, 0.3) is 0 Å². The van der Waals surface area contributed by atoms with Crippen LogP contribution < -0.4 is 0 Å². The number of fused-ring (bicyclic) bond motifs is 1. The first-order chi connectivity index (χ1) is 6.70. The number of rotatable bonds is 1. The molecule has 78 valence electrons. The van der Waals surface area contributed by atoms with Crippen molar-refractivity contribution >= 4 is 5.97 Å². The van der Waals surface area contributed by atoms with Gasteiger partial charge in [0.25, 0.3) is 0 Å². The monoisotopic (exact) mass is 194 g/mol. The molecule has 0 aromatic carbocycles. The van der Waals surface area contributed by atoms with Crippen molar-refractivity contribution in [2.45, 2.75) is 51.4 Å². The van der Waals surface area contributed by atoms with Crippen molar-refractivity contribution < 1.29 is 9.90 Å². The Kier molecular flexibility index (Phi) is 1.58. The molecule has 2 spiro atoms. The number of hydrogen-bond acceptors (Lipinski definition) is 1. The van der Waals surface area contributed by atoms with Crippen molar-refractivity contribution in [3.05, 3.63) is 0 Å². The van der Waals surface area contributed by atoms with Crippen molar-refractivity contribution in [3.8, 4) is 0 Å². The summed E-state index contributed by atoms with van der Waals surface area (Å²) in [5.74, 6) is -0.513.